The lowest BCUT2D eigenvalue weighted by Gasteiger charge is -2.14. The number of pyridine rings is 1. The first-order valence-electron chi connectivity index (χ1n) is 8.34. The largest absolute Gasteiger partial charge is 0.256 e. The van der Waals surface area contributed by atoms with Crippen molar-refractivity contribution in [3.63, 3.8) is 0 Å². The number of hydrogen-bond acceptors (Lipinski definition) is 1. The molecule has 1 nitrogen and oxygen atoms in total. The molecule has 116 valence electrons. The van der Waals surface area contributed by atoms with Gasteiger partial charge in [-0.1, -0.05) is 75.4 Å². The Kier molecular flexibility index (Phi) is 4.57. The molecule has 3 aromatic rings. The highest BCUT2D eigenvalue weighted by atomic mass is 14.7. The predicted molar refractivity (Wildman–Crippen MR) is 98.6 cm³/mol. The second-order valence-electron chi connectivity index (χ2n) is 6.19. The molecule has 1 aromatic heterocycles. The van der Waals surface area contributed by atoms with Crippen LogP contribution in [0.5, 0.6) is 0 Å². The second-order valence-corrected chi connectivity index (χ2v) is 6.19. The zero-order valence-electron chi connectivity index (χ0n) is 14.1. The molecule has 0 bridgehead atoms. The molecule has 0 aliphatic carbocycles. The lowest BCUT2D eigenvalue weighted by Crippen LogP contribution is -1.96. The van der Waals surface area contributed by atoms with E-state index in [1.807, 2.05) is 6.20 Å². The van der Waals surface area contributed by atoms with Gasteiger partial charge in [0.2, 0.25) is 0 Å². The summed E-state index contributed by atoms with van der Waals surface area (Å²) < 4.78 is 0. The van der Waals surface area contributed by atoms with Crippen LogP contribution in [0.15, 0.2) is 66.9 Å². The Bertz CT molecular complexity index is 788. The highest BCUT2D eigenvalue weighted by Gasteiger charge is 2.12. The van der Waals surface area contributed by atoms with Crippen LogP contribution >= 0.6 is 0 Å². The number of nitrogens with zero attached hydrogens (tertiary/aromatic N) is 1. The first-order chi connectivity index (χ1) is 11.2. The van der Waals surface area contributed by atoms with Crippen LogP contribution in [0.3, 0.4) is 0 Å². The zero-order chi connectivity index (χ0) is 16.2. The van der Waals surface area contributed by atoms with Crippen molar-refractivity contribution in [3.8, 4) is 22.4 Å². The van der Waals surface area contributed by atoms with Gasteiger partial charge in [0.05, 0.1) is 5.69 Å². The van der Waals surface area contributed by atoms with Gasteiger partial charge in [-0.05, 0) is 35.1 Å². The van der Waals surface area contributed by atoms with Gasteiger partial charge in [-0.3, -0.25) is 4.98 Å². The van der Waals surface area contributed by atoms with Crippen molar-refractivity contribution in [2.45, 2.75) is 33.1 Å². The van der Waals surface area contributed by atoms with Gasteiger partial charge in [0.15, 0.2) is 0 Å². The van der Waals surface area contributed by atoms with Crippen LogP contribution in [0, 0.1) is 0 Å². The smallest absolute Gasteiger partial charge is 0.0708 e. The second kappa shape index (κ2) is 6.78. The molecule has 0 spiro atoms. The lowest BCUT2D eigenvalue weighted by molar-refractivity contribution is 0.868. The van der Waals surface area contributed by atoms with Crippen molar-refractivity contribution < 1.29 is 0 Å². The van der Waals surface area contributed by atoms with Crippen LogP contribution in [0.2, 0.25) is 0 Å². The number of rotatable bonds is 4. The summed E-state index contributed by atoms with van der Waals surface area (Å²) in [6.07, 6.45) is 3.03. The van der Waals surface area contributed by atoms with Gasteiger partial charge in [0.25, 0.3) is 0 Å². The van der Waals surface area contributed by atoms with Gasteiger partial charge in [-0.15, -0.1) is 0 Å². The SMILES string of the molecule is CCc1cc(-c2ccccc2C(C)C)ncc1-c1ccccc1. The minimum Gasteiger partial charge on any atom is -0.256 e. The van der Waals surface area contributed by atoms with Gasteiger partial charge < -0.3 is 0 Å². The van der Waals surface area contributed by atoms with Crippen molar-refractivity contribution in [2.75, 3.05) is 0 Å². The Labute approximate surface area is 139 Å². The quantitative estimate of drug-likeness (QED) is 0.567. The summed E-state index contributed by atoms with van der Waals surface area (Å²) in [5.41, 5.74) is 7.50. The van der Waals surface area contributed by atoms with Crippen LogP contribution < -0.4 is 0 Å². The summed E-state index contributed by atoms with van der Waals surface area (Å²) in [7, 11) is 0. The van der Waals surface area contributed by atoms with Crippen LogP contribution in [0.4, 0.5) is 0 Å². The first-order valence-corrected chi connectivity index (χ1v) is 8.34. The minimum absolute atomic E-state index is 0.492. The van der Waals surface area contributed by atoms with E-state index in [4.69, 9.17) is 4.98 Å². The Morgan fingerprint density at radius 1 is 0.870 bits per heavy atom. The van der Waals surface area contributed by atoms with Crippen molar-refractivity contribution in [1.29, 1.82) is 0 Å². The van der Waals surface area contributed by atoms with Crippen LogP contribution in [0.1, 0.15) is 37.8 Å². The van der Waals surface area contributed by atoms with Gasteiger partial charge >= 0.3 is 0 Å². The molecule has 0 radical (unpaired) electrons. The molecule has 23 heavy (non-hydrogen) atoms. The van der Waals surface area contributed by atoms with Crippen LogP contribution in [-0.2, 0) is 6.42 Å². The predicted octanol–water partition coefficient (Wildman–Crippen LogP) is 6.10. The fourth-order valence-electron chi connectivity index (χ4n) is 3.05. The summed E-state index contributed by atoms with van der Waals surface area (Å²) in [4.78, 5) is 4.78. The molecule has 0 atom stereocenters. The number of benzene rings is 2. The Balaban J connectivity index is 2.10. The highest BCUT2D eigenvalue weighted by Crippen LogP contribution is 2.31. The average molecular weight is 301 g/mol. The number of aromatic nitrogens is 1. The molecule has 0 aliphatic heterocycles. The maximum absolute atomic E-state index is 4.78. The van der Waals surface area contributed by atoms with E-state index >= 15 is 0 Å². The Morgan fingerprint density at radius 2 is 1.57 bits per heavy atom. The number of aryl methyl sites for hydroxylation is 1. The molecule has 1 heterocycles. The minimum atomic E-state index is 0.492. The molecule has 0 unspecified atom stereocenters. The molecule has 0 saturated carbocycles. The summed E-state index contributed by atoms with van der Waals surface area (Å²) in [6, 6.07) is 21.4. The van der Waals surface area contributed by atoms with E-state index in [2.05, 4.69) is 81.4 Å². The molecular formula is C22H23N. The first kappa shape index (κ1) is 15.5. The maximum atomic E-state index is 4.78. The molecular weight excluding hydrogens is 278 g/mol. The Hall–Kier alpha value is -2.41. The molecule has 0 amide bonds. The monoisotopic (exact) mass is 301 g/mol. The Morgan fingerprint density at radius 3 is 2.26 bits per heavy atom. The van der Waals surface area contributed by atoms with Gasteiger partial charge in [-0.2, -0.15) is 0 Å². The molecule has 3 rings (SSSR count). The topological polar surface area (TPSA) is 12.9 Å². The van der Waals surface area contributed by atoms with Crippen molar-refractivity contribution in [3.05, 3.63) is 78.0 Å². The fraction of sp³-hybridized carbons (Fsp3) is 0.227. The third kappa shape index (κ3) is 3.19. The van der Waals surface area contributed by atoms with Crippen LogP contribution in [0.25, 0.3) is 22.4 Å². The van der Waals surface area contributed by atoms with Crippen molar-refractivity contribution in [1.82, 2.24) is 4.98 Å². The third-order valence-electron chi connectivity index (χ3n) is 4.31. The van der Waals surface area contributed by atoms with E-state index in [-0.39, 0.29) is 0 Å². The normalized spacial score (nSPS) is 11.0. The molecule has 1 heteroatoms. The zero-order valence-corrected chi connectivity index (χ0v) is 14.1. The van der Waals surface area contributed by atoms with Gasteiger partial charge in [0.1, 0.15) is 0 Å². The standard InChI is InChI=1S/C22H23N/c1-4-17-14-22(20-13-9-8-12-19(20)16(2)3)23-15-21(17)18-10-6-5-7-11-18/h5-16H,4H2,1-3H3. The summed E-state index contributed by atoms with van der Waals surface area (Å²) in [6.45, 7) is 6.68. The van der Waals surface area contributed by atoms with E-state index in [1.165, 1.54) is 27.8 Å². The van der Waals surface area contributed by atoms with Crippen molar-refractivity contribution >= 4 is 0 Å². The van der Waals surface area contributed by atoms with E-state index in [9.17, 15) is 0 Å². The highest BCUT2D eigenvalue weighted by molar-refractivity contribution is 5.72. The maximum Gasteiger partial charge on any atom is 0.0708 e. The van der Waals surface area contributed by atoms with Crippen molar-refractivity contribution in [2.24, 2.45) is 0 Å². The fourth-order valence-corrected chi connectivity index (χ4v) is 3.05. The van der Waals surface area contributed by atoms with Crippen LogP contribution in [-0.4, -0.2) is 4.98 Å². The van der Waals surface area contributed by atoms with Gasteiger partial charge in [0, 0.05) is 17.3 Å². The van der Waals surface area contributed by atoms with E-state index in [0.29, 0.717) is 5.92 Å². The summed E-state index contributed by atoms with van der Waals surface area (Å²) in [5, 5.41) is 0. The van der Waals surface area contributed by atoms with E-state index in [0.717, 1.165) is 12.1 Å². The molecule has 2 aromatic carbocycles. The molecule has 0 N–H and O–H groups in total. The number of hydrogen-bond donors (Lipinski definition) is 0. The molecule has 0 aliphatic rings. The average Bonchev–Trinajstić information content (AvgIpc) is 2.62. The summed E-state index contributed by atoms with van der Waals surface area (Å²) >= 11 is 0. The third-order valence-corrected chi connectivity index (χ3v) is 4.31. The van der Waals surface area contributed by atoms with E-state index < -0.39 is 0 Å². The molecule has 0 saturated heterocycles. The van der Waals surface area contributed by atoms with Gasteiger partial charge in [-0.25, -0.2) is 0 Å². The lowest BCUT2D eigenvalue weighted by atomic mass is 9.93. The molecule has 0 fully saturated rings. The van der Waals surface area contributed by atoms with E-state index in [1.54, 1.807) is 0 Å². The summed E-state index contributed by atoms with van der Waals surface area (Å²) in [5.74, 6) is 0.492.